The lowest BCUT2D eigenvalue weighted by Gasteiger charge is -2.35. The predicted octanol–water partition coefficient (Wildman–Crippen LogP) is 2.41. The molecule has 0 spiro atoms. The fraction of sp³-hybridized carbons (Fsp3) is 0.294. The molecule has 1 heterocycles. The average molecular weight is 361 g/mol. The zero-order valence-corrected chi connectivity index (χ0v) is 14.6. The monoisotopic (exact) mass is 361 g/mol. The average Bonchev–Trinajstić information content (AvgIpc) is 2.62. The van der Waals surface area contributed by atoms with Gasteiger partial charge in [-0.05, 0) is 25.1 Å². The lowest BCUT2D eigenvalue weighted by molar-refractivity contribution is -0.385. The first kappa shape index (κ1) is 17.4. The van der Waals surface area contributed by atoms with Crippen molar-refractivity contribution in [2.24, 2.45) is 0 Å². The zero-order valence-electron chi connectivity index (χ0n) is 13.8. The molecule has 2 aromatic rings. The Kier molecular flexibility index (Phi) is 4.73. The first-order chi connectivity index (χ1) is 11.9. The number of nitrogens with zero attached hydrogens (tertiary/aromatic N) is 3. The van der Waals surface area contributed by atoms with Crippen molar-refractivity contribution in [3.05, 3.63) is 64.2 Å². The highest BCUT2D eigenvalue weighted by atomic mass is 32.2. The minimum Gasteiger partial charge on any atom is -0.369 e. The maximum atomic E-state index is 12.8. The Bertz CT molecular complexity index is 876. The highest BCUT2D eigenvalue weighted by Crippen LogP contribution is 2.26. The SMILES string of the molecule is Cc1ccc(S(=O)(=O)N2CCN(c3ccccc3)CC2)cc1[N+](=O)[O-]. The van der Waals surface area contributed by atoms with Crippen LogP contribution in [0.1, 0.15) is 5.56 Å². The van der Waals surface area contributed by atoms with Crippen LogP contribution in [0, 0.1) is 17.0 Å². The van der Waals surface area contributed by atoms with E-state index in [0.29, 0.717) is 31.7 Å². The van der Waals surface area contributed by atoms with Gasteiger partial charge in [0.15, 0.2) is 0 Å². The summed E-state index contributed by atoms with van der Waals surface area (Å²) in [7, 11) is -3.74. The minimum absolute atomic E-state index is 0.0297. The van der Waals surface area contributed by atoms with Crippen molar-refractivity contribution in [3.63, 3.8) is 0 Å². The summed E-state index contributed by atoms with van der Waals surface area (Å²) in [5, 5.41) is 11.1. The van der Waals surface area contributed by atoms with E-state index in [-0.39, 0.29) is 10.6 Å². The standard InChI is InChI=1S/C17H19N3O4S/c1-14-7-8-16(13-17(14)20(21)22)25(23,24)19-11-9-18(10-12-19)15-5-3-2-4-6-15/h2-8,13H,9-12H2,1H3. The van der Waals surface area contributed by atoms with Crippen molar-refractivity contribution in [2.45, 2.75) is 11.8 Å². The third kappa shape index (κ3) is 3.49. The number of hydrogen-bond acceptors (Lipinski definition) is 5. The fourth-order valence-electron chi connectivity index (χ4n) is 2.92. The number of sulfonamides is 1. The molecule has 7 nitrogen and oxygen atoms in total. The van der Waals surface area contributed by atoms with Crippen molar-refractivity contribution < 1.29 is 13.3 Å². The van der Waals surface area contributed by atoms with Crippen molar-refractivity contribution in [1.29, 1.82) is 0 Å². The molecular weight excluding hydrogens is 342 g/mol. The highest BCUT2D eigenvalue weighted by Gasteiger charge is 2.30. The van der Waals surface area contributed by atoms with Crippen molar-refractivity contribution in [3.8, 4) is 0 Å². The molecule has 0 bridgehead atoms. The number of hydrogen-bond donors (Lipinski definition) is 0. The van der Waals surface area contributed by atoms with Gasteiger partial charge < -0.3 is 4.90 Å². The second-order valence-corrected chi connectivity index (χ2v) is 7.87. The van der Waals surface area contributed by atoms with E-state index in [2.05, 4.69) is 4.90 Å². The van der Waals surface area contributed by atoms with Crippen LogP contribution in [0.3, 0.4) is 0 Å². The first-order valence-corrected chi connectivity index (χ1v) is 9.39. The van der Waals surface area contributed by atoms with E-state index in [9.17, 15) is 18.5 Å². The molecule has 0 saturated carbocycles. The quantitative estimate of drug-likeness (QED) is 0.617. The number of benzene rings is 2. The number of rotatable bonds is 4. The van der Waals surface area contributed by atoms with Crippen LogP contribution in [0.2, 0.25) is 0 Å². The number of nitro groups is 1. The Labute approximate surface area is 146 Å². The van der Waals surface area contributed by atoms with E-state index in [1.165, 1.54) is 16.4 Å². The third-order valence-electron chi connectivity index (χ3n) is 4.38. The molecule has 132 valence electrons. The van der Waals surface area contributed by atoms with Crippen LogP contribution in [0.4, 0.5) is 11.4 Å². The van der Waals surface area contributed by atoms with Crippen LogP contribution in [0.25, 0.3) is 0 Å². The summed E-state index contributed by atoms with van der Waals surface area (Å²) >= 11 is 0. The molecular formula is C17H19N3O4S. The lowest BCUT2D eigenvalue weighted by atomic mass is 10.2. The van der Waals surface area contributed by atoms with Crippen molar-refractivity contribution >= 4 is 21.4 Å². The molecule has 1 fully saturated rings. The summed E-state index contributed by atoms with van der Waals surface area (Å²) in [5.74, 6) is 0. The van der Waals surface area contributed by atoms with E-state index < -0.39 is 14.9 Å². The molecule has 1 aliphatic heterocycles. The van der Waals surface area contributed by atoms with Gasteiger partial charge in [-0.1, -0.05) is 24.3 Å². The molecule has 0 aromatic heterocycles. The second-order valence-electron chi connectivity index (χ2n) is 5.93. The first-order valence-electron chi connectivity index (χ1n) is 7.95. The molecule has 0 N–H and O–H groups in total. The molecule has 8 heteroatoms. The molecule has 1 aliphatic rings. The summed E-state index contributed by atoms with van der Waals surface area (Å²) in [5.41, 5.74) is 1.33. The highest BCUT2D eigenvalue weighted by molar-refractivity contribution is 7.89. The van der Waals surface area contributed by atoms with Crippen LogP contribution in [0.15, 0.2) is 53.4 Å². The number of anilines is 1. The normalized spacial score (nSPS) is 16.0. The summed E-state index contributed by atoms with van der Waals surface area (Å²) in [4.78, 5) is 12.6. The lowest BCUT2D eigenvalue weighted by Crippen LogP contribution is -2.48. The topological polar surface area (TPSA) is 83.8 Å². The molecule has 25 heavy (non-hydrogen) atoms. The summed E-state index contributed by atoms with van der Waals surface area (Å²) in [6.07, 6.45) is 0. The zero-order chi connectivity index (χ0) is 18.0. The predicted molar refractivity (Wildman–Crippen MR) is 95.2 cm³/mol. The summed E-state index contributed by atoms with van der Waals surface area (Å²) in [6.45, 7) is 3.44. The van der Waals surface area contributed by atoms with Crippen LogP contribution in [-0.4, -0.2) is 43.8 Å². The molecule has 0 aliphatic carbocycles. The number of para-hydroxylation sites is 1. The van der Waals surface area contributed by atoms with Crippen LogP contribution in [0.5, 0.6) is 0 Å². The minimum atomic E-state index is -3.74. The van der Waals surface area contributed by atoms with Gasteiger partial charge in [0.2, 0.25) is 10.0 Å². The molecule has 0 unspecified atom stereocenters. The summed E-state index contributed by atoms with van der Waals surface area (Å²) < 4.78 is 27.0. The van der Waals surface area contributed by atoms with Crippen LogP contribution >= 0.6 is 0 Å². The van der Waals surface area contributed by atoms with Gasteiger partial charge in [0, 0.05) is 43.5 Å². The largest absolute Gasteiger partial charge is 0.369 e. The second kappa shape index (κ2) is 6.81. The third-order valence-corrected chi connectivity index (χ3v) is 6.27. The van der Waals surface area contributed by atoms with Gasteiger partial charge in [-0.15, -0.1) is 0 Å². The Morgan fingerprint density at radius 1 is 1.00 bits per heavy atom. The van der Waals surface area contributed by atoms with Gasteiger partial charge >= 0.3 is 0 Å². The van der Waals surface area contributed by atoms with Gasteiger partial charge in [-0.2, -0.15) is 4.31 Å². The molecule has 0 radical (unpaired) electrons. The van der Waals surface area contributed by atoms with Crippen molar-refractivity contribution in [1.82, 2.24) is 4.31 Å². The van der Waals surface area contributed by atoms with Crippen LogP contribution in [-0.2, 0) is 10.0 Å². The van der Waals surface area contributed by atoms with Crippen molar-refractivity contribution in [2.75, 3.05) is 31.1 Å². The van der Waals surface area contributed by atoms with E-state index in [0.717, 1.165) is 11.8 Å². The molecule has 0 amide bonds. The Morgan fingerprint density at radius 2 is 1.64 bits per heavy atom. The Hall–Kier alpha value is -2.45. The Balaban J connectivity index is 1.78. The van der Waals surface area contributed by atoms with Gasteiger partial charge in [0.25, 0.3) is 5.69 Å². The fourth-order valence-corrected chi connectivity index (χ4v) is 4.36. The maximum Gasteiger partial charge on any atom is 0.273 e. The number of piperazine rings is 1. The summed E-state index contributed by atoms with van der Waals surface area (Å²) in [6, 6.07) is 13.9. The molecule has 0 atom stereocenters. The molecule has 1 saturated heterocycles. The van der Waals surface area contributed by atoms with Gasteiger partial charge in [-0.3, -0.25) is 10.1 Å². The molecule has 3 rings (SSSR count). The van der Waals surface area contributed by atoms with Gasteiger partial charge in [-0.25, -0.2) is 8.42 Å². The Morgan fingerprint density at radius 3 is 2.24 bits per heavy atom. The van der Waals surface area contributed by atoms with Gasteiger partial charge in [0.05, 0.1) is 9.82 Å². The number of nitro benzene ring substituents is 1. The smallest absolute Gasteiger partial charge is 0.273 e. The van der Waals surface area contributed by atoms with Gasteiger partial charge in [0.1, 0.15) is 0 Å². The van der Waals surface area contributed by atoms with E-state index in [4.69, 9.17) is 0 Å². The maximum absolute atomic E-state index is 12.8. The van der Waals surface area contributed by atoms with E-state index in [1.54, 1.807) is 6.92 Å². The van der Waals surface area contributed by atoms with Crippen LogP contribution < -0.4 is 4.90 Å². The van der Waals surface area contributed by atoms with E-state index in [1.807, 2.05) is 30.3 Å². The number of aryl methyl sites for hydroxylation is 1. The molecule has 2 aromatic carbocycles. The van der Waals surface area contributed by atoms with E-state index >= 15 is 0 Å².